The zero-order valence-electron chi connectivity index (χ0n) is 19.3. The SMILES string of the molecule is c1cc(-c2nc(N3CCNCC3)c3c(C4CCC4)cncc3n2)c2cc(C3CCCO3)[nH]c2n1. The number of hydrogen-bond acceptors (Lipinski definition) is 7. The summed E-state index contributed by atoms with van der Waals surface area (Å²) in [5, 5.41) is 5.70. The van der Waals surface area contributed by atoms with Gasteiger partial charge in [0, 0.05) is 67.2 Å². The van der Waals surface area contributed by atoms with E-state index in [0.29, 0.717) is 5.92 Å². The Balaban J connectivity index is 1.41. The van der Waals surface area contributed by atoms with Crippen molar-refractivity contribution in [2.45, 2.75) is 44.1 Å². The number of aromatic nitrogens is 5. The summed E-state index contributed by atoms with van der Waals surface area (Å²) in [4.78, 5) is 25.4. The van der Waals surface area contributed by atoms with Crippen molar-refractivity contribution in [1.29, 1.82) is 0 Å². The van der Waals surface area contributed by atoms with Gasteiger partial charge in [-0.2, -0.15) is 0 Å². The van der Waals surface area contributed by atoms with Crippen molar-refractivity contribution >= 4 is 27.8 Å². The maximum absolute atomic E-state index is 5.91. The third kappa shape index (κ3) is 3.35. The maximum atomic E-state index is 5.91. The van der Waals surface area contributed by atoms with Crippen molar-refractivity contribution in [3.8, 4) is 11.4 Å². The third-order valence-corrected chi connectivity index (χ3v) is 7.65. The van der Waals surface area contributed by atoms with E-state index in [4.69, 9.17) is 14.7 Å². The zero-order valence-corrected chi connectivity index (χ0v) is 19.3. The second-order valence-corrected chi connectivity index (χ2v) is 9.71. The minimum absolute atomic E-state index is 0.116. The minimum atomic E-state index is 0.116. The van der Waals surface area contributed by atoms with Crippen LogP contribution < -0.4 is 10.2 Å². The molecule has 1 saturated carbocycles. The van der Waals surface area contributed by atoms with Crippen molar-refractivity contribution in [2.24, 2.45) is 0 Å². The minimum Gasteiger partial charge on any atom is -0.372 e. The summed E-state index contributed by atoms with van der Waals surface area (Å²) in [6, 6.07) is 4.20. The first-order valence-corrected chi connectivity index (χ1v) is 12.6. The third-order valence-electron chi connectivity index (χ3n) is 7.65. The van der Waals surface area contributed by atoms with E-state index >= 15 is 0 Å². The van der Waals surface area contributed by atoms with Crippen LogP contribution in [-0.2, 0) is 4.74 Å². The number of aromatic amines is 1. The molecule has 2 N–H and O–H groups in total. The van der Waals surface area contributed by atoms with Gasteiger partial charge in [-0.3, -0.25) is 4.98 Å². The zero-order chi connectivity index (χ0) is 22.5. The van der Waals surface area contributed by atoms with Crippen LogP contribution in [0, 0.1) is 0 Å². The van der Waals surface area contributed by atoms with Gasteiger partial charge in [-0.1, -0.05) is 6.42 Å². The van der Waals surface area contributed by atoms with Gasteiger partial charge >= 0.3 is 0 Å². The van der Waals surface area contributed by atoms with E-state index in [2.05, 4.69) is 31.2 Å². The van der Waals surface area contributed by atoms with Crippen LogP contribution in [0.15, 0.2) is 30.7 Å². The summed E-state index contributed by atoms with van der Waals surface area (Å²) >= 11 is 0. The lowest BCUT2D eigenvalue weighted by Crippen LogP contribution is -2.44. The van der Waals surface area contributed by atoms with Gasteiger partial charge in [-0.15, -0.1) is 0 Å². The van der Waals surface area contributed by atoms with Crippen molar-refractivity contribution in [1.82, 2.24) is 30.2 Å². The van der Waals surface area contributed by atoms with E-state index in [1.54, 1.807) is 0 Å². The molecule has 3 aliphatic rings. The molecule has 1 unspecified atom stereocenters. The predicted molar refractivity (Wildman–Crippen MR) is 132 cm³/mol. The predicted octanol–water partition coefficient (Wildman–Crippen LogP) is 4.10. The summed E-state index contributed by atoms with van der Waals surface area (Å²) in [6.45, 7) is 4.63. The molecule has 1 aliphatic carbocycles. The molecule has 8 heteroatoms. The molecule has 7 rings (SSSR count). The number of hydrogen-bond donors (Lipinski definition) is 2. The number of pyridine rings is 2. The fourth-order valence-electron chi connectivity index (χ4n) is 5.58. The topological polar surface area (TPSA) is 91.9 Å². The van der Waals surface area contributed by atoms with Crippen LogP contribution >= 0.6 is 0 Å². The Morgan fingerprint density at radius 3 is 2.74 bits per heavy atom. The lowest BCUT2D eigenvalue weighted by atomic mass is 9.79. The summed E-state index contributed by atoms with van der Waals surface area (Å²) in [5.41, 5.74) is 5.19. The molecule has 1 atom stereocenters. The van der Waals surface area contributed by atoms with E-state index < -0.39 is 0 Å². The van der Waals surface area contributed by atoms with Crippen molar-refractivity contribution in [2.75, 3.05) is 37.7 Å². The van der Waals surface area contributed by atoms with Crippen LogP contribution in [0.2, 0.25) is 0 Å². The van der Waals surface area contributed by atoms with Crippen LogP contribution in [0.4, 0.5) is 5.82 Å². The van der Waals surface area contributed by atoms with Gasteiger partial charge < -0.3 is 19.9 Å². The summed E-state index contributed by atoms with van der Waals surface area (Å²) < 4.78 is 5.91. The van der Waals surface area contributed by atoms with Gasteiger partial charge in [-0.25, -0.2) is 15.0 Å². The Hall–Kier alpha value is -3.10. The van der Waals surface area contributed by atoms with E-state index in [-0.39, 0.29) is 6.10 Å². The first-order valence-electron chi connectivity index (χ1n) is 12.6. The standard InChI is InChI=1S/C26H29N7O/c1-3-16(4-1)19-14-28-15-21-23(19)26(33-10-8-27-9-11-33)32-25(31-21)17-6-7-29-24-18(17)13-20(30-24)22-5-2-12-34-22/h6-7,13-16,22,27H,1-5,8-12H2,(H,29,30). The number of H-pyrrole nitrogens is 1. The van der Waals surface area contributed by atoms with Gasteiger partial charge in [0.05, 0.1) is 17.8 Å². The fourth-order valence-corrected chi connectivity index (χ4v) is 5.58. The molecule has 0 spiro atoms. The van der Waals surface area contributed by atoms with E-state index in [0.717, 1.165) is 85.1 Å². The molecule has 3 fully saturated rings. The lowest BCUT2D eigenvalue weighted by molar-refractivity contribution is 0.109. The smallest absolute Gasteiger partial charge is 0.163 e. The Bertz CT molecular complexity index is 1350. The van der Waals surface area contributed by atoms with E-state index in [9.17, 15) is 0 Å². The van der Waals surface area contributed by atoms with Gasteiger partial charge in [0.1, 0.15) is 11.5 Å². The highest BCUT2D eigenvalue weighted by Gasteiger charge is 2.27. The highest BCUT2D eigenvalue weighted by Crippen LogP contribution is 2.42. The molecule has 8 nitrogen and oxygen atoms in total. The number of nitrogens with zero attached hydrogens (tertiary/aromatic N) is 5. The van der Waals surface area contributed by atoms with Gasteiger partial charge in [0.15, 0.2) is 5.82 Å². The van der Waals surface area contributed by atoms with Crippen LogP contribution in [0.1, 0.15) is 55.4 Å². The number of ether oxygens (including phenoxy) is 1. The van der Waals surface area contributed by atoms with Gasteiger partial charge in [0.2, 0.25) is 0 Å². The monoisotopic (exact) mass is 455 g/mol. The van der Waals surface area contributed by atoms with Crippen LogP contribution in [-0.4, -0.2) is 57.7 Å². The second-order valence-electron chi connectivity index (χ2n) is 9.71. The Morgan fingerprint density at radius 1 is 1.03 bits per heavy atom. The first-order chi connectivity index (χ1) is 16.8. The largest absolute Gasteiger partial charge is 0.372 e. The van der Waals surface area contributed by atoms with Gasteiger partial charge in [0.25, 0.3) is 0 Å². The molecule has 4 aromatic rings. The molecular formula is C26H29N7O. The maximum Gasteiger partial charge on any atom is 0.163 e. The highest BCUT2D eigenvalue weighted by atomic mass is 16.5. The summed E-state index contributed by atoms with van der Waals surface area (Å²) in [6.07, 6.45) is 11.8. The average molecular weight is 456 g/mol. The van der Waals surface area contributed by atoms with Crippen LogP contribution in [0.3, 0.4) is 0 Å². The molecule has 4 aromatic heterocycles. The number of nitrogens with one attached hydrogen (secondary N) is 2. The first kappa shape index (κ1) is 20.3. The second kappa shape index (κ2) is 8.29. The Kier molecular flexibility index (Phi) is 4.94. The molecular weight excluding hydrogens is 426 g/mol. The molecule has 0 radical (unpaired) electrons. The van der Waals surface area contributed by atoms with E-state index in [1.165, 1.54) is 30.2 Å². The van der Waals surface area contributed by atoms with Crippen LogP contribution in [0.25, 0.3) is 33.3 Å². The molecule has 0 amide bonds. The van der Waals surface area contributed by atoms with Crippen molar-refractivity contribution in [3.63, 3.8) is 0 Å². The van der Waals surface area contributed by atoms with Crippen molar-refractivity contribution < 1.29 is 4.74 Å². The fraction of sp³-hybridized carbons (Fsp3) is 0.462. The van der Waals surface area contributed by atoms with Gasteiger partial charge in [-0.05, 0) is 49.3 Å². The molecule has 6 heterocycles. The Morgan fingerprint density at radius 2 is 1.94 bits per heavy atom. The molecule has 0 aromatic carbocycles. The number of piperazine rings is 1. The lowest BCUT2D eigenvalue weighted by Gasteiger charge is -2.32. The van der Waals surface area contributed by atoms with Crippen molar-refractivity contribution in [3.05, 3.63) is 42.0 Å². The highest BCUT2D eigenvalue weighted by molar-refractivity contribution is 5.97. The quantitative estimate of drug-likeness (QED) is 0.479. The average Bonchev–Trinajstić information content (AvgIpc) is 3.53. The van der Waals surface area contributed by atoms with Crippen LogP contribution in [0.5, 0.6) is 0 Å². The molecule has 0 bridgehead atoms. The molecule has 2 aliphatic heterocycles. The number of fused-ring (bicyclic) bond motifs is 2. The molecule has 2 saturated heterocycles. The molecule has 174 valence electrons. The number of anilines is 1. The number of rotatable bonds is 4. The normalized spacial score (nSPS) is 21.4. The summed E-state index contributed by atoms with van der Waals surface area (Å²) in [5.74, 6) is 2.35. The molecule has 34 heavy (non-hydrogen) atoms. The summed E-state index contributed by atoms with van der Waals surface area (Å²) in [7, 11) is 0. The van der Waals surface area contributed by atoms with E-state index in [1.807, 2.05) is 24.7 Å². The Labute approximate surface area is 198 Å².